The summed E-state index contributed by atoms with van der Waals surface area (Å²) < 4.78 is 43.3. The van der Waals surface area contributed by atoms with Gasteiger partial charge in [-0.25, -0.2) is 15.4 Å². The fourth-order valence-electron chi connectivity index (χ4n) is 8.50. The van der Waals surface area contributed by atoms with Crippen LogP contribution in [0.15, 0.2) is 145 Å². The number of piperazine rings is 1. The summed E-state index contributed by atoms with van der Waals surface area (Å²) in [5.41, 5.74) is 10.0. The highest BCUT2D eigenvalue weighted by atomic mass is 19.4. The standard InChI is InChI=1S/C49H44F3N7O4/c1-48(31-53-46(62)40-13-7-9-15-43(40)63-49(50,51)52)29-42-39-12-6-8-14-41(39)54-47(59(42)55-48)56(2)30-44(61)58-26-24-57(25-27-58)35-19-16-33(17-20-35)45-37(32-10-4-3-5-11-32)22-18-34-28-36(60)21-23-38(34)45/h3-23,28-29,55,60H,24-27,30-31H2,1-2H3,(H,53,62). The van der Waals surface area contributed by atoms with Crippen molar-refractivity contribution in [3.63, 3.8) is 0 Å². The van der Waals surface area contributed by atoms with Crippen LogP contribution in [0.25, 0.3) is 38.7 Å². The van der Waals surface area contributed by atoms with E-state index in [1.807, 2.05) is 72.5 Å². The number of carbonyl (C=O) groups excluding carboxylic acids is 2. The van der Waals surface area contributed by atoms with Crippen LogP contribution in [0.4, 0.5) is 24.5 Å². The second-order valence-electron chi connectivity index (χ2n) is 16.1. The minimum Gasteiger partial charge on any atom is -0.508 e. The zero-order chi connectivity index (χ0) is 43.9. The summed E-state index contributed by atoms with van der Waals surface area (Å²) in [5, 5.41) is 16.8. The predicted octanol–water partition coefficient (Wildman–Crippen LogP) is 8.41. The van der Waals surface area contributed by atoms with Crippen molar-refractivity contribution >= 4 is 45.6 Å². The Kier molecular flexibility index (Phi) is 10.8. The average Bonchev–Trinajstić information content (AvgIpc) is 3.65. The highest BCUT2D eigenvalue weighted by molar-refractivity contribution is 6.05. The van der Waals surface area contributed by atoms with Gasteiger partial charge in [-0.3, -0.25) is 9.59 Å². The van der Waals surface area contributed by atoms with E-state index in [1.165, 1.54) is 18.2 Å². The van der Waals surface area contributed by atoms with E-state index in [4.69, 9.17) is 4.99 Å². The second-order valence-corrected chi connectivity index (χ2v) is 16.1. The van der Waals surface area contributed by atoms with Gasteiger partial charge in [-0.15, -0.1) is 13.2 Å². The van der Waals surface area contributed by atoms with Crippen molar-refractivity contribution in [3.8, 4) is 33.8 Å². The molecule has 320 valence electrons. The maximum absolute atomic E-state index is 13.9. The Labute approximate surface area is 362 Å². The number of guanidine groups is 1. The number of hydrazine groups is 1. The molecule has 3 N–H and O–H groups in total. The number of nitrogens with one attached hydrogen (secondary N) is 2. The number of amides is 2. The molecule has 3 heterocycles. The van der Waals surface area contributed by atoms with Gasteiger partial charge >= 0.3 is 6.36 Å². The van der Waals surface area contributed by atoms with E-state index in [-0.39, 0.29) is 30.3 Å². The number of hydrogen-bond donors (Lipinski definition) is 3. The molecule has 3 aliphatic rings. The van der Waals surface area contributed by atoms with Crippen molar-refractivity contribution in [3.05, 3.63) is 151 Å². The van der Waals surface area contributed by atoms with Crippen LogP contribution >= 0.6 is 0 Å². The molecule has 0 aliphatic carbocycles. The topological polar surface area (TPSA) is 113 Å². The van der Waals surface area contributed by atoms with Gasteiger partial charge in [-0.2, -0.15) is 0 Å². The number of phenols is 1. The molecule has 63 heavy (non-hydrogen) atoms. The van der Waals surface area contributed by atoms with Crippen LogP contribution in [0.3, 0.4) is 0 Å². The summed E-state index contributed by atoms with van der Waals surface area (Å²) in [4.78, 5) is 37.9. The number of phenolic OH excluding ortho intramolecular Hbond substituents is 1. The van der Waals surface area contributed by atoms with E-state index in [0.29, 0.717) is 37.8 Å². The van der Waals surface area contributed by atoms with Crippen molar-refractivity contribution in [2.45, 2.75) is 18.8 Å². The van der Waals surface area contributed by atoms with Crippen LogP contribution in [0.5, 0.6) is 11.5 Å². The normalized spacial score (nSPS) is 17.1. The average molecular weight is 852 g/mol. The van der Waals surface area contributed by atoms with Gasteiger partial charge in [0.2, 0.25) is 11.9 Å². The van der Waals surface area contributed by atoms with Gasteiger partial charge in [0.15, 0.2) is 0 Å². The van der Waals surface area contributed by atoms with Crippen molar-refractivity contribution < 1.29 is 32.6 Å². The molecule has 0 spiro atoms. The lowest BCUT2D eigenvalue weighted by molar-refractivity contribution is -0.274. The van der Waals surface area contributed by atoms with Gasteiger partial charge in [0.25, 0.3) is 5.91 Å². The maximum atomic E-state index is 13.9. The molecule has 0 aromatic heterocycles. The van der Waals surface area contributed by atoms with E-state index < -0.39 is 23.6 Å². The lowest BCUT2D eigenvalue weighted by atomic mass is 9.89. The molecule has 14 heteroatoms. The molecule has 0 bridgehead atoms. The molecule has 0 saturated carbocycles. The minimum absolute atomic E-state index is 0.0144. The quantitative estimate of drug-likeness (QED) is 0.133. The largest absolute Gasteiger partial charge is 0.573 e. The van der Waals surface area contributed by atoms with Gasteiger partial charge < -0.3 is 29.9 Å². The van der Waals surface area contributed by atoms with E-state index in [1.54, 1.807) is 29.1 Å². The number of alkyl halides is 3. The van der Waals surface area contributed by atoms with Crippen LogP contribution in [-0.2, 0) is 4.79 Å². The minimum atomic E-state index is -4.96. The zero-order valence-corrected chi connectivity index (χ0v) is 34.6. The van der Waals surface area contributed by atoms with Crippen molar-refractivity contribution in [2.24, 2.45) is 4.99 Å². The zero-order valence-electron chi connectivity index (χ0n) is 34.6. The molecule has 6 aromatic rings. The first kappa shape index (κ1) is 41.1. The Bertz CT molecular complexity index is 2770. The van der Waals surface area contributed by atoms with E-state index in [2.05, 4.69) is 62.8 Å². The predicted molar refractivity (Wildman–Crippen MR) is 238 cm³/mol. The highest BCUT2D eigenvalue weighted by Gasteiger charge is 2.41. The number of ether oxygens (including phenoxy) is 1. The summed E-state index contributed by atoms with van der Waals surface area (Å²) in [6.45, 7) is 4.31. The van der Waals surface area contributed by atoms with Gasteiger partial charge in [0.1, 0.15) is 11.5 Å². The highest BCUT2D eigenvalue weighted by Crippen LogP contribution is 2.41. The van der Waals surface area contributed by atoms with Gasteiger partial charge in [0.05, 0.1) is 29.0 Å². The Hall–Kier alpha value is -7.32. The number of benzene rings is 6. The maximum Gasteiger partial charge on any atom is 0.573 e. The molecule has 1 fully saturated rings. The van der Waals surface area contributed by atoms with Crippen LogP contribution in [-0.4, -0.2) is 95.9 Å². The Morgan fingerprint density at radius 2 is 1.56 bits per heavy atom. The molecule has 1 unspecified atom stereocenters. The fourth-order valence-corrected chi connectivity index (χ4v) is 8.50. The van der Waals surface area contributed by atoms with Crippen LogP contribution in [0, 0.1) is 0 Å². The molecular weight excluding hydrogens is 808 g/mol. The van der Waals surface area contributed by atoms with E-state index in [9.17, 15) is 27.9 Å². The number of halogens is 3. The molecule has 11 nitrogen and oxygen atoms in total. The number of nitrogens with zero attached hydrogens (tertiary/aromatic N) is 5. The van der Waals surface area contributed by atoms with Crippen LogP contribution in [0.1, 0.15) is 22.8 Å². The van der Waals surface area contributed by atoms with Crippen LogP contribution in [0.2, 0.25) is 0 Å². The summed E-state index contributed by atoms with van der Waals surface area (Å²) >= 11 is 0. The monoisotopic (exact) mass is 851 g/mol. The molecule has 0 radical (unpaired) electrons. The summed E-state index contributed by atoms with van der Waals surface area (Å²) in [6, 6.07) is 41.2. The number of carbonyl (C=O) groups is 2. The van der Waals surface area contributed by atoms with E-state index >= 15 is 0 Å². The molecule has 9 rings (SSSR count). The molecular formula is C49H44F3N7O4. The van der Waals surface area contributed by atoms with Gasteiger partial charge in [-0.1, -0.05) is 91.0 Å². The smallest absolute Gasteiger partial charge is 0.508 e. The first-order valence-electron chi connectivity index (χ1n) is 20.6. The van der Waals surface area contributed by atoms with Crippen molar-refractivity contribution in [2.75, 3.05) is 51.2 Å². The molecule has 6 aromatic carbocycles. The third kappa shape index (κ3) is 8.49. The fraction of sp³-hybridized carbons (Fsp3) is 0.204. The molecule has 3 aliphatic heterocycles. The van der Waals surface area contributed by atoms with Gasteiger partial charge in [-0.05, 0) is 88.5 Å². The number of para-hydroxylation sites is 2. The Balaban J connectivity index is 0.856. The summed E-state index contributed by atoms with van der Waals surface area (Å²) in [7, 11) is 1.80. The number of anilines is 1. The third-order valence-corrected chi connectivity index (χ3v) is 11.6. The van der Waals surface area contributed by atoms with Gasteiger partial charge in [0, 0.05) is 51.0 Å². The third-order valence-electron chi connectivity index (χ3n) is 11.6. The number of fused-ring (bicyclic) bond motifs is 4. The summed E-state index contributed by atoms with van der Waals surface area (Å²) in [6.07, 6.45) is -3.01. The lowest BCUT2D eigenvalue weighted by Gasteiger charge is -2.38. The molecule has 1 atom stereocenters. The number of aliphatic imine (C=N–C) groups is 1. The summed E-state index contributed by atoms with van der Waals surface area (Å²) in [5.74, 6) is -0.669. The van der Waals surface area contributed by atoms with Crippen molar-refractivity contribution in [1.29, 1.82) is 0 Å². The Morgan fingerprint density at radius 3 is 2.32 bits per heavy atom. The molecule has 2 amide bonds. The number of likely N-dealkylation sites (N-methyl/N-ethyl adjacent to an activating group) is 1. The first-order valence-corrected chi connectivity index (χ1v) is 20.6. The lowest BCUT2D eigenvalue weighted by Crippen LogP contribution is -2.57. The number of aromatic hydroxyl groups is 1. The number of rotatable bonds is 9. The first-order chi connectivity index (χ1) is 30.3. The Morgan fingerprint density at radius 1 is 0.841 bits per heavy atom. The second kappa shape index (κ2) is 16.5. The van der Waals surface area contributed by atoms with E-state index in [0.717, 1.165) is 56.0 Å². The SMILES string of the molecule is CN(CC(=O)N1CCN(c2ccc(-c3c(-c4ccccc4)ccc4cc(O)ccc34)cc2)CC1)C1=Nc2ccccc2C2=CC(C)(CNC(=O)c3ccccc3OC(F)(F)F)NN21. The number of hydrogen-bond acceptors (Lipinski definition) is 9. The van der Waals surface area contributed by atoms with Crippen molar-refractivity contribution in [1.82, 2.24) is 25.6 Å². The van der Waals surface area contributed by atoms with Crippen LogP contribution < -0.4 is 20.4 Å². The molecule has 1 saturated heterocycles.